The molecule has 2 aliphatic rings. The summed E-state index contributed by atoms with van der Waals surface area (Å²) in [6.45, 7) is 5.72. The van der Waals surface area contributed by atoms with Gasteiger partial charge in [-0.3, -0.25) is 0 Å². The maximum Gasteiger partial charge on any atom is 0.410 e. The molecule has 0 aromatic carbocycles. The van der Waals surface area contributed by atoms with Crippen LogP contribution in [0.1, 0.15) is 46.5 Å². The Morgan fingerprint density at radius 1 is 1.30 bits per heavy atom. The van der Waals surface area contributed by atoms with Crippen molar-refractivity contribution >= 4 is 28.7 Å². The van der Waals surface area contributed by atoms with Crippen molar-refractivity contribution in [3.63, 3.8) is 0 Å². The van der Waals surface area contributed by atoms with E-state index < -0.39 is 5.60 Å². The van der Waals surface area contributed by atoms with Gasteiger partial charge in [-0.2, -0.15) is 0 Å². The van der Waals surface area contributed by atoms with Crippen LogP contribution in [-0.2, 0) is 4.74 Å². The van der Waals surface area contributed by atoms with Crippen molar-refractivity contribution in [1.82, 2.24) is 9.88 Å². The summed E-state index contributed by atoms with van der Waals surface area (Å²) in [7, 11) is 0. The lowest BCUT2D eigenvalue weighted by Gasteiger charge is -2.39. The quantitative estimate of drug-likeness (QED) is 0.666. The third kappa shape index (κ3) is 4.08. The normalized spacial score (nSPS) is 27.0. The van der Waals surface area contributed by atoms with Crippen LogP contribution in [0.15, 0.2) is 18.3 Å². The molecule has 3 heterocycles. The molecule has 0 N–H and O–H groups in total. The second kappa shape index (κ2) is 6.45. The minimum Gasteiger partial charge on any atom is -0.474 e. The molecule has 1 amide bonds. The molecule has 23 heavy (non-hydrogen) atoms. The van der Waals surface area contributed by atoms with Crippen LogP contribution in [0.2, 0.25) is 0 Å². The van der Waals surface area contributed by atoms with Gasteiger partial charge in [0.25, 0.3) is 0 Å². The SMILES string of the molecule is CC(C)(C)OC(=O)N1[C@@H]2CC[C@H]1C[C@@H](Oc1cc(I)ccn1)C2. The van der Waals surface area contributed by atoms with Gasteiger partial charge in [-0.05, 0) is 62.3 Å². The van der Waals surface area contributed by atoms with Crippen LogP contribution in [0.5, 0.6) is 5.88 Å². The van der Waals surface area contributed by atoms with Crippen molar-refractivity contribution in [3.05, 3.63) is 21.9 Å². The van der Waals surface area contributed by atoms with E-state index >= 15 is 0 Å². The summed E-state index contributed by atoms with van der Waals surface area (Å²) in [5.41, 5.74) is -0.450. The zero-order valence-electron chi connectivity index (χ0n) is 13.8. The fourth-order valence-electron chi connectivity index (χ4n) is 3.46. The molecule has 6 heteroatoms. The van der Waals surface area contributed by atoms with E-state index in [1.807, 2.05) is 37.8 Å². The lowest BCUT2D eigenvalue weighted by atomic mass is 10.0. The molecule has 2 aliphatic heterocycles. The first-order chi connectivity index (χ1) is 10.8. The largest absolute Gasteiger partial charge is 0.474 e. The van der Waals surface area contributed by atoms with Gasteiger partial charge in [-0.25, -0.2) is 9.78 Å². The van der Waals surface area contributed by atoms with Gasteiger partial charge in [0.15, 0.2) is 0 Å². The summed E-state index contributed by atoms with van der Waals surface area (Å²) < 4.78 is 12.7. The number of nitrogens with zero attached hydrogens (tertiary/aromatic N) is 2. The van der Waals surface area contributed by atoms with Crippen molar-refractivity contribution in [2.75, 3.05) is 0 Å². The highest BCUT2D eigenvalue weighted by atomic mass is 127. The van der Waals surface area contributed by atoms with Crippen molar-refractivity contribution in [3.8, 4) is 5.88 Å². The van der Waals surface area contributed by atoms with E-state index in [4.69, 9.17) is 9.47 Å². The first-order valence-electron chi connectivity index (χ1n) is 8.11. The standard InChI is InChI=1S/C17H23IN2O3/c1-17(2,3)23-16(21)20-12-4-5-13(20)10-14(9-12)22-15-8-11(18)6-7-19-15/h6-8,12-14H,4-5,9-10H2,1-3H3/t12-,13+,14+. The molecule has 2 saturated heterocycles. The van der Waals surface area contributed by atoms with Crippen molar-refractivity contribution < 1.29 is 14.3 Å². The molecule has 0 aliphatic carbocycles. The third-order valence-corrected chi connectivity index (χ3v) is 4.95. The molecule has 0 spiro atoms. The van der Waals surface area contributed by atoms with Gasteiger partial charge in [0.05, 0.1) is 0 Å². The molecule has 3 atom stereocenters. The summed E-state index contributed by atoms with van der Waals surface area (Å²) in [4.78, 5) is 18.6. The zero-order valence-corrected chi connectivity index (χ0v) is 15.9. The Labute approximate surface area is 150 Å². The number of hydrogen-bond donors (Lipinski definition) is 0. The van der Waals surface area contributed by atoms with Crippen molar-refractivity contribution in [1.29, 1.82) is 0 Å². The number of carbonyl (C=O) groups excluding carboxylic acids is 1. The number of ether oxygens (including phenoxy) is 2. The van der Waals surface area contributed by atoms with E-state index in [0.717, 1.165) is 29.3 Å². The van der Waals surface area contributed by atoms with Crippen LogP contribution in [-0.4, -0.2) is 39.8 Å². The average molecular weight is 430 g/mol. The fourth-order valence-corrected chi connectivity index (χ4v) is 3.88. The molecule has 2 bridgehead atoms. The van der Waals surface area contributed by atoms with Gasteiger partial charge < -0.3 is 14.4 Å². The van der Waals surface area contributed by atoms with E-state index in [2.05, 4.69) is 27.6 Å². The van der Waals surface area contributed by atoms with E-state index in [0.29, 0.717) is 5.88 Å². The molecule has 1 aromatic rings. The fraction of sp³-hybridized carbons (Fsp3) is 0.647. The second-order valence-electron chi connectivity index (χ2n) is 7.30. The molecule has 5 nitrogen and oxygen atoms in total. The maximum absolute atomic E-state index is 12.4. The number of aromatic nitrogens is 1. The monoisotopic (exact) mass is 430 g/mol. The molecule has 2 fully saturated rings. The number of amides is 1. The first kappa shape index (κ1) is 16.8. The van der Waals surface area contributed by atoms with Crippen molar-refractivity contribution in [2.45, 2.75) is 70.2 Å². The Hall–Kier alpha value is -1.05. The number of pyridine rings is 1. The predicted octanol–water partition coefficient (Wildman–Crippen LogP) is 4.00. The minimum atomic E-state index is -0.450. The van der Waals surface area contributed by atoms with Crippen LogP contribution < -0.4 is 4.74 Å². The number of rotatable bonds is 2. The van der Waals surface area contributed by atoms with Crippen LogP contribution >= 0.6 is 22.6 Å². The Balaban J connectivity index is 1.64. The topological polar surface area (TPSA) is 51.7 Å². The average Bonchev–Trinajstić information content (AvgIpc) is 2.69. The van der Waals surface area contributed by atoms with Crippen molar-refractivity contribution in [2.24, 2.45) is 0 Å². The van der Waals surface area contributed by atoms with Crippen LogP contribution in [0.4, 0.5) is 4.79 Å². The summed E-state index contributed by atoms with van der Waals surface area (Å²) in [6, 6.07) is 4.33. The highest BCUT2D eigenvalue weighted by molar-refractivity contribution is 14.1. The van der Waals surface area contributed by atoms with Crippen LogP contribution in [0.25, 0.3) is 0 Å². The molecule has 1 aromatic heterocycles. The van der Waals surface area contributed by atoms with E-state index in [1.54, 1.807) is 6.20 Å². The van der Waals surface area contributed by atoms with E-state index in [1.165, 1.54) is 0 Å². The summed E-state index contributed by atoms with van der Waals surface area (Å²) in [5.74, 6) is 0.673. The van der Waals surface area contributed by atoms with E-state index in [-0.39, 0.29) is 24.3 Å². The van der Waals surface area contributed by atoms with Gasteiger partial charge in [-0.1, -0.05) is 0 Å². The Morgan fingerprint density at radius 3 is 2.52 bits per heavy atom. The van der Waals surface area contributed by atoms with E-state index in [9.17, 15) is 4.79 Å². The van der Waals surface area contributed by atoms with Gasteiger partial charge in [0.2, 0.25) is 5.88 Å². The lowest BCUT2D eigenvalue weighted by molar-refractivity contribution is -0.00760. The molecule has 0 unspecified atom stereocenters. The third-order valence-electron chi connectivity index (χ3n) is 4.28. The predicted molar refractivity (Wildman–Crippen MR) is 95.5 cm³/mol. The maximum atomic E-state index is 12.4. The number of carbonyl (C=O) groups is 1. The summed E-state index contributed by atoms with van der Waals surface area (Å²) >= 11 is 2.25. The van der Waals surface area contributed by atoms with Gasteiger partial charge in [0.1, 0.15) is 11.7 Å². The Morgan fingerprint density at radius 2 is 1.96 bits per heavy atom. The van der Waals surface area contributed by atoms with Gasteiger partial charge in [0, 0.05) is 40.8 Å². The van der Waals surface area contributed by atoms with Gasteiger partial charge in [-0.15, -0.1) is 0 Å². The number of hydrogen-bond acceptors (Lipinski definition) is 4. The first-order valence-corrected chi connectivity index (χ1v) is 9.19. The zero-order chi connectivity index (χ0) is 16.6. The molecule has 0 radical (unpaired) electrons. The Bertz CT molecular complexity index is 573. The van der Waals surface area contributed by atoms with Crippen LogP contribution in [0.3, 0.4) is 0 Å². The number of halogens is 1. The molecule has 126 valence electrons. The highest BCUT2D eigenvalue weighted by Crippen LogP contribution is 2.38. The Kier molecular flexibility index (Phi) is 4.71. The summed E-state index contributed by atoms with van der Waals surface area (Å²) in [5, 5.41) is 0. The molecule has 3 rings (SSSR count). The molecular weight excluding hydrogens is 407 g/mol. The summed E-state index contributed by atoms with van der Waals surface area (Å²) in [6.07, 6.45) is 5.47. The number of fused-ring (bicyclic) bond motifs is 2. The molecular formula is C17H23IN2O3. The van der Waals surface area contributed by atoms with Gasteiger partial charge >= 0.3 is 6.09 Å². The lowest BCUT2D eigenvalue weighted by Crippen LogP contribution is -2.50. The number of piperidine rings is 1. The minimum absolute atomic E-state index is 0.122. The smallest absolute Gasteiger partial charge is 0.410 e. The van der Waals surface area contributed by atoms with Crippen LogP contribution in [0, 0.1) is 3.57 Å². The molecule has 0 saturated carbocycles. The highest BCUT2D eigenvalue weighted by Gasteiger charge is 2.45. The second-order valence-corrected chi connectivity index (χ2v) is 8.54.